The first kappa shape index (κ1) is 37.8. The maximum atomic E-state index is 13.3. The molecule has 0 bridgehead atoms. The Bertz CT molecular complexity index is 1560. The summed E-state index contributed by atoms with van der Waals surface area (Å²) in [7, 11) is 0. The number of carboxylic acid groups (broad SMARTS) is 2. The van der Waals surface area contributed by atoms with Crippen LogP contribution < -0.4 is 11.5 Å². The number of rotatable bonds is 7. The number of amides is 1. The van der Waals surface area contributed by atoms with E-state index in [0.29, 0.717) is 56.0 Å². The molecule has 8 N–H and O–H groups in total. The zero-order chi connectivity index (χ0) is 35.5. The van der Waals surface area contributed by atoms with Gasteiger partial charge in [0, 0.05) is 43.2 Å². The van der Waals surface area contributed by atoms with E-state index in [1.807, 2.05) is 70.4 Å². The van der Waals surface area contributed by atoms with E-state index < -0.39 is 24.3 Å². The number of alkyl halides is 6. The van der Waals surface area contributed by atoms with Crippen LogP contribution in [0, 0.1) is 10.8 Å². The Morgan fingerprint density at radius 3 is 1.77 bits per heavy atom. The number of hydrogen-bond donors (Lipinski definition) is 6. The highest BCUT2D eigenvalue weighted by Crippen LogP contribution is 2.21. The van der Waals surface area contributed by atoms with Gasteiger partial charge in [0.15, 0.2) is 0 Å². The van der Waals surface area contributed by atoms with Gasteiger partial charge < -0.3 is 35.9 Å². The van der Waals surface area contributed by atoms with E-state index in [0.717, 1.165) is 16.7 Å². The van der Waals surface area contributed by atoms with Crippen LogP contribution in [0.2, 0.25) is 0 Å². The summed E-state index contributed by atoms with van der Waals surface area (Å²) in [6.45, 7) is 2.84. The molecular weight excluding hydrogens is 642 g/mol. The van der Waals surface area contributed by atoms with Crippen molar-refractivity contribution in [3.8, 4) is 0 Å². The Labute approximate surface area is 263 Å². The van der Waals surface area contributed by atoms with Gasteiger partial charge in [0.25, 0.3) is 5.91 Å². The standard InChI is InChI=1S/C25H28N6O2.2C2HF3O2/c26-23(27)19-6-4-17(5-7-19)14-30-15-21(13-18-2-1-3-20(12-18)24(28)29)22(16-30)25(32)31-8-10-33-11-9-31;2*3-2(4,5)1(6)7/h1-7,12,15-16H,8-11,13-14H2,(H3,26,27)(H3,28,29);2*(H,6,7). The summed E-state index contributed by atoms with van der Waals surface area (Å²) in [6, 6.07) is 15.1. The summed E-state index contributed by atoms with van der Waals surface area (Å²) in [5.74, 6) is -5.45. The Balaban J connectivity index is 0.000000459. The summed E-state index contributed by atoms with van der Waals surface area (Å²) >= 11 is 0. The number of ether oxygens (including phenoxy) is 1. The van der Waals surface area contributed by atoms with Gasteiger partial charge in [0.2, 0.25) is 0 Å². The number of amidine groups is 2. The zero-order valence-corrected chi connectivity index (χ0v) is 24.4. The number of morpholine rings is 1. The van der Waals surface area contributed by atoms with Crippen LogP contribution in [0.1, 0.15) is 38.2 Å². The van der Waals surface area contributed by atoms with E-state index in [1.165, 1.54) is 0 Å². The second kappa shape index (κ2) is 16.3. The van der Waals surface area contributed by atoms with Crippen LogP contribution in [0.25, 0.3) is 0 Å². The number of aliphatic carboxylic acids is 2. The van der Waals surface area contributed by atoms with Crippen LogP contribution in [0.5, 0.6) is 0 Å². The predicted octanol–water partition coefficient (Wildman–Crippen LogP) is 3.43. The number of nitrogens with one attached hydrogen (secondary N) is 2. The molecule has 18 heteroatoms. The van der Waals surface area contributed by atoms with E-state index in [-0.39, 0.29) is 17.6 Å². The van der Waals surface area contributed by atoms with Crippen LogP contribution in [0.15, 0.2) is 60.9 Å². The summed E-state index contributed by atoms with van der Waals surface area (Å²) < 4.78 is 70.9. The third kappa shape index (κ3) is 12.1. The topological polar surface area (TPSA) is 209 Å². The number of benzene rings is 2. The smallest absolute Gasteiger partial charge is 0.475 e. The van der Waals surface area contributed by atoms with Gasteiger partial charge in [-0.3, -0.25) is 15.6 Å². The maximum absolute atomic E-state index is 13.3. The van der Waals surface area contributed by atoms with Crippen molar-refractivity contribution in [1.29, 1.82) is 10.8 Å². The number of carbonyl (C=O) groups excluding carboxylic acids is 1. The number of nitrogen functional groups attached to an aromatic ring is 2. The number of aromatic nitrogens is 1. The highest BCUT2D eigenvalue weighted by atomic mass is 19.4. The van der Waals surface area contributed by atoms with Crippen molar-refractivity contribution in [2.24, 2.45) is 11.5 Å². The molecule has 4 rings (SSSR count). The first-order valence-corrected chi connectivity index (χ1v) is 13.3. The van der Waals surface area contributed by atoms with Crippen molar-refractivity contribution in [2.45, 2.75) is 25.3 Å². The fourth-order valence-electron chi connectivity index (χ4n) is 3.99. The molecule has 1 fully saturated rings. The minimum Gasteiger partial charge on any atom is -0.475 e. The number of nitrogens with zero attached hydrogens (tertiary/aromatic N) is 2. The Morgan fingerprint density at radius 1 is 0.787 bits per heavy atom. The number of carboxylic acids is 2. The van der Waals surface area contributed by atoms with Crippen LogP contribution >= 0.6 is 0 Å². The molecule has 0 unspecified atom stereocenters. The van der Waals surface area contributed by atoms with Crippen LogP contribution in [-0.2, 0) is 27.3 Å². The SMILES string of the molecule is N=C(N)c1ccc(Cn2cc(Cc3cccc(C(=N)N)c3)c(C(=O)N3CCOCC3)c2)cc1.O=C(O)C(F)(F)F.O=C(O)C(F)(F)F. The van der Waals surface area contributed by atoms with Gasteiger partial charge in [0.1, 0.15) is 11.7 Å². The largest absolute Gasteiger partial charge is 0.490 e. The van der Waals surface area contributed by atoms with Crippen LogP contribution in [0.4, 0.5) is 26.3 Å². The molecule has 1 aliphatic heterocycles. The minimum absolute atomic E-state index is 0.00157. The molecular formula is C29H30F6N6O6. The van der Waals surface area contributed by atoms with Crippen LogP contribution in [-0.4, -0.2) is 87.9 Å². The summed E-state index contributed by atoms with van der Waals surface area (Å²) in [6.07, 6.45) is -5.70. The molecule has 1 amide bonds. The minimum atomic E-state index is -5.08. The molecule has 3 aromatic rings. The van der Waals surface area contributed by atoms with Crippen molar-refractivity contribution in [2.75, 3.05) is 26.3 Å². The third-order valence-corrected chi connectivity index (χ3v) is 6.24. The van der Waals surface area contributed by atoms with Gasteiger partial charge in [-0.1, -0.05) is 42.5 Å². The normalized spacial score (nSPS) is 12.9. The monoisotopic (exact) mass is 672 g/mol. The lowest BCUT2D eigenvalue weighted by molar-refractivity contribution is -0.193. The molecule has 0 spiro atoms. The molecule has 2 aromatic carbocycles. The lowest BCUT2D eigenvalue weighted by atomic mass is 10.0. The average Bonchev–Trinajstić information content (AvgIpc) is 3.38. The van der Waals surface area contributed by atoms with E-state index in [4.69, 9.17) is 46.8 Å². The maximum Gasteiger partial charge on any atom is 0.490 e. The number of carbonyl (C=O) groups is 3. The number of hydrogen-bond acceptors (Lipinski definition) is 6. The summed E-state index contributed by atoms with van der Waals surface area (Å²) in [5.41, 5.74) is 16.2. The first-order chi connectivity index (χ1) is 21.8. The lowest BCUT2D eigenvalue weighted by Crippen LogP contribution is -2.40. The van der Waals surface area contributed by atoms with Gasteiger partial charge in [-0.15, -0.1) is 0 Å². The van der Waals surface area contributed by atoms with Crippen molar-refractivity contribution in [1.82, 2.24) is 9.47 Å². The predicted molar refractivity (Wildman–Crippen MR) is 155 cm³/mol. The lowest BCUT2D eigenvalue weighted by Gasteiger charge is -2.27. The number of halogens is 6. The van der Waals surface area contributed by atoms with Crippen molar-refractivity contribution < 1.29 is 55.7 Å². The van der Waals surface area contributed by atoms with Crippen molar-refractivity contribution >= 4 is 29.5 Å². The Morgan fingerprint density at radius 2 is 1.30 bits per heavy atom. The molecule has 12 nitrogen and oxygen atoms in total. The third-order valence-electron chi connectivity index (χ3n) is 6.24. The Hall–Kier alpha value is -5.39. The molecule has 1 saturated heterocycles. The highest BCUT2D eigenvalue weighted by Gasteiger charge is 2.38. The van der Waals surface area contributed by atoms with E-state index in [9.17, 15) is 31.1 Å². The first-order valence-electron chi connectivity index (χ1n) is 13.3. The Kier molecular flexibility index (Phi) is 13.1. The van der Waals surface area contributed by atoms with Gasteiger partial charge in [-0.25, -0.2) is 9.59 Å². The molecule has 47 heavy (non-hydrogen) atoms. The van der Waals surface area contributed by atoms with Gasteiger partial charge in [0.05, 0.1) is 18.8 Å². The molecule has 254 valence electrons. The fraction of sp³-hybridized carbons (Fsp3) is 0.276. The second-order valence-electron chi connectivity index (χ2n) is 9.78. The fourth-order valence-corrected chi connectivity index (χ4v) is 3.99. The quantitative estimate of drug-likeness (QED) is 0.124. The molecule has 2 heterocycles. The van der Waals surface area contributed by atoms with Gasteiger partial charge in [-0.2, -0.15) is 26.3 Å². The molecule has 0 atom stereocenters. The molecule has 1 aliphatic rings. The van der Waals surface area contributed by atoms with Gasteiger partial charge in [-0.05, 0) is 29.2 Å². The highest BCUT2D eigenvalue weighted by molar-refractivity contribution is 5.96. The molecule has 0 aliphatic carbocycles. The summed E-state index contributed by atoms with van der Waals surface area (Å²) in [5, 5.41) is 29.5. The van der Waals surface area contributed by atoms with E-state index in [2.05, 4.69) is 0 Å². The zero-order valence-electron chi connectivity index (χ0n) is 24.4. The average molecular weight is 673 g/mol. The molecule has 0 radical (unpaired) electrons. The summed E-state index contributed by atoms with van der Waals surface area (Å²) in [4.78, 5) is 33.0. The van der Waals surface area contributed by atoms with E-state index >= 15 is 0 Å². The molecule has 1 aromatic heterocycles. The number of nitrogens with two attached hydrogens (primary N) is 2. The van der Waals surface area contributed by atoms with Crippen molar-refractivity contribution in [3.05, 3.63) is 94.3 Å². The second-order valence-corrected chi connectivity index (χ2v) is 9.78. The van der Waals surface area contributed by atoms with Crippen LogP contribution in [0.3, 0.4) is 0 Å². The van der Waals surface area contributed by atoms with E-state index in [1.54, 1.807) is 0 Å². The van der Waals surface area contributed by atoms with Gasteiger partial charge >= 0.3 is 24.3 Å². The van der Waals surface area contributed by atoms with Crippen molar-refractivity contribution in [3.63, 3.8) is 0 Å². The molecule has 0 saturated carbocycles.